The SMILES string of the molecule is COCC1c2c([nH]c3cccc(OCc4cccc(Cl)c4)c23)C(C(=O)O)NC1C(=O)O. The lowest BCUT2D eigenvalue weighted by molar-refractivity contribution is -0.144. The highest BCUT2D eigenvalue weighted by Crippen LogP contribution is 2.43. The number of halogens is 1. The first-order valence-electron chi connectivity index (χ1n) is 9.63. The van der Waals surface area contributed by atoms with Crippen LogP contribution in [-0.2, 0) is 20.9 Å². The molecule has 3 aromatic rings. The molecule has 31 heavy (non-hydrogen) atoms. The van der Waals surface area contributed by atoms with Crippen LogP contribution in [-0.4, -0.2) is 46.9 Å². The zero-order chi connectivity index (χ0) is 22.1. The van der Waals surface area contributed by atoms with Crippen LogP contribution in [0.25, 0.3) is 10.9 Å². The molecule has 0 saturated carbocycles. The number of methoxy groups -OCH3 is 1. The standard InChI is InChI=1S/C22H21ClN2O6/c1-30-10-13-16-17-14(24-19(16)20(22(28)29)25-18(13)21(26)27)6-3-7-15(17)31-9-11-4-2-5-12(23)8-11/h2-8,13,18,20,24-25H,9-10H2,1H3,(H,26,27)(H,28,29). The zero-order valence-corrected chi connectivity index (χ0v) is 17.3. The Hall–Kier alpha value is -3.07. The van der Waals surface area contributed by atoms with Crippen molar-refractivity contribution in [1.29, 1.82) is 0 Å². The fourth-order valence-corrected chi connectivity index (χ4v) is 4.34. The molecule has 4 rings (SSSR count). The van der Waals surface area contributed by atoms with E-state index >= 15 is 0 Å². The van der Waals surface area contributed by atoms with Crippen LogP contribution in [0.15, 0.2) is 42.5 Å². The Bertz CT molecular complexity index is 1140. The molecule has 9 heteroatoms. The molecular formula is C22H21ClN2O6. The van der Waals surface area contributed by atoms with E-state index in [9.17, 15) is 19.8 Å². The van der Waals surface area contributed by atoms with Gasteiger partial charge in [-0.15, -0.1) is 0 Å². The van der Waals surface area contributed by atoms with Crippen LogP contribution < -0.4 is 10.1 Å². The average Bonchev–Trinajstić information content (AvgIpc) is 3.12. The van der Waals surface area contributed by atoms with Gasteiger partial charge in [-0.3, -0.25) is 14.9 Å². The Morgan fingerprint density at radius 2 is 1.90 bits per heavy atom. The fraction of sp³-hybridized carbons (Fsp3) is 0.273. The van der Waals surface area contributed by atoms with E-state index < -0.39 is 29.9 Å². The van der Waals surface area contributed by atoms with E-state index in [0.717, 1.165) is 5.56 Å². The minimum absolute atomic E-state index is 0.0961. The van der Waals surface area contributed by atoms with Crippen LogP contribution in [0, 0.1) is 0 Å². The number of hydrogen-bond donors (Lipinski definition) is 4. The molecule has 1 aromatic heterocycles. The lowest BCUT2D eigenvalue weighted by Crippen LogP contribution is -2.50. The van der Waals surface area contributed by atoms with Crippen LogP contribution in [0.3, 0.4) is 0 Å². The number of benzene rings is 2. The lowest BCUT2D eigenvalue weighted by atomic mass is 9.83. The van der Waals surface area contributed by atoms with E-state index in [1.165, 1.54) is 7.11 Å². The number of aromatic nitrogens is 1. The van der Waals surface area contributed by atoms with Crippen molar-refractivity contribution < 1.29 is 29.3 Å². The van der Waals surface area contributed by atoms with Crippen molar-refractivity contribution in [2.75, 3.05) is 13.7 Å². The molecule has 0 radical (unpaired) electrons. The Labute approximate surface area is 182 Å². The molecule has 0 fully saturated rings. The molecule has 4 N–H and O–H groups in total. The predicted octanol–water partition coefficient (Wildman–Crippen LogP) is 3.31. The van der Waals surface area contributed by atoms with Crippen molar-refractivity contribution in [3.63, 3.8) is 0 Å². The predicted molar refractivity (Wildman–Crippen MR) is 114 cm³/mol. The lowest BCUT2D eigenvalue weighted by Gasteiger charge is -2.33. The third-order valence-corrected chi connectivity index (χ3v) is 5.64. The molecule has 2 heterocycles. The van der Waals surface area contributed by atoms with Gasteiger partial charge < -0.3 is 24.7 Å². The van der Waals surface area contributed by atoms with Crippen molar-refractivity contribution in [2.24, 2.45) is 0 Å². The van der Waals surface area contributed by atoms with Crippen LogP contribution in [0.1, 0.15) is 28.8 Å². The summed E-state index contributed by atoms with van der Waals surface area (Å²) in [5, 5.41) is 23.4. The average molecular weight is 445 g/mol. The summed E-state index contributed by atoms with van der Waals surface area (Å²) in [6, 6.07) is 10.3. The molecule has 3 atom stereocenters. The number of rotatable bonds is 7. The van der Waals surface area contributed by atoms with Gasteiger partial charge in [-0.25, -0.2) is 0 Å². The second kappa shape index (κ2) is 8.58. The van der Waals surface area contributed by atoms with E-state index in [1.54, 1.807) is 30.3 Å². The van der Waals surface area contributed by atoms with Crippen LogP contribution in [0.2, 0.25) is 5.02 Å². The van der Waals surface area contributed by atoms with Gasteiger partial charge in [-0.1, -0.05) is 29.8 Å². The van der Waals surface area contributed by atoms with Gasteiger partial charge >= 0.3 is 11.9 Å². The molecule has 1 aliphatic heterocycles. The summed E-state index contributed by atoms with van der Waals surface area (Å²) in [6.07, 6.45) is 0. The molecular weight excluding hydrogens is 424 g/mol. The molecule has 0 bridgehead atoms. The molecule has 0 spiro atoms. The summed E-state index contributed by atoms with van der Waals surface area (Å²) in [7, 11) is 1.48. The van der Waals surface area contributed by atoms with E-state index in [1.807, 2.05) is 12.1 Å². The van der Waals surface area contributed by atoms with Crippen LogP contribution in [0.4, 0.5) is 0 Å². The highest BCUT2D eigenvalue weighted by molar-refractivity contribution is 6.30. The van der Waals surface area contributed by atoms with Gasteiger partial charge in [0, 0.05) is 34.6 Å². The van der Waals surface area contributed by atoms with Crippen molar-refractivity contribution in [1.82, 2.24) is 10.3 Å². The summed E-state index contributed by atoms with van der Waals surface area (Å²) in [6.45, 7) is 0.344. The number of ether oxygens (including phenoxy) is 2. The Morgan fingerprint density at radius 3 is 2.58 bits per heavy atom. The number of carboxylic acids is 2. The molecule has 0 saturated heterocycles. The molecule has 2 aromatic carbocycles. The first-order chi connectivity index (χ1) is 14.9. The molecule has 3 unspecified atom stereocenters. The van der Waals surface area contributed by atoms with Gasteiger partial charge in [0.1, 0.15) is 24.4 Å². The molecule has 162 valence electrons. The molecule has 0 amide bonds. The topological polar surface area (TPSA) is 121 Å². The van der Waals surface area contributed by atoms with Gasteiger partial charge in [0.15, 0.2) is 0 Å². The van der Waals surface area contributed by atoms with E-state index in [0.29, 0.717) is 32.9 Å². The van der Waals surface area contributed by atoms with Crippen LogP contribution >= 0.6 is 11.6 Å². The number of aromatic amines is 1. The monoisotopic (exact) mass is 444 g/mol. The highest BCUT2D eigenvalue weighted by Gasteiger charge is 2.44. The third-order valence-electron chi connectivity index (χ3n) is 5.41. The Balaban J connectivity index is 1.83. The second-order valence-corrected chi connectivity index (χ2v) is 7.80. The first kappa shape index (κ1) is 21.2. The number of carbonyl (C=O) groups is 2. The summed E-state index contributed by atoms with van der Waals surface area (Å²) >= 11 is 6.05. The molecule has 0 aliphatic carbocycles. The minimum Gasteiger partial charge on any atom is -0.488 e. The molecule has 1 aliphatic rings. The van der Waals surface area contributed by atoms with E-state index in [-0.39, 0.29) is 13.2 Å². The quantitative estimate of drug-likeness (QED) is 0.441. The maximum Gasteiger partial charge on any atom is 0.326 e. The minimum atomic E-state index is -1.20. The third kappa shape index (κ3) is 3.97. The van der Waals surface area contributed by atoms with Gasteiger partial charge in [0.25, 0.3) is 0 Å². The number of aliphatic carboxylic acids is 2. The summed E-state index contributed by atoms with van der Waals surface area (Å²) in [5.41, 5.74) is 2.52. The number of hydrogen-bond acceptors (Lipinski definition) is 5. The van der Waals surface area contributed by atoms with Gasteiger partial charge in [-0.2, -0.15) is 0 Å². The number of fused-ring (bicyclic) bond motifs is 3. The summed E-state index contributed by atoms with van der Waals surface area (Å²) in [5.74, 6) is -2.41. The molecule has 8 nitrogen and oxygen atoms in total. The highest BCUT2D eigenvalue weighted by atomic mass is 35.5. The largest absolute Gasteiger partial charge is 0.488 e. The van der Waals surface area contributed by atoms with Crippen molar-refractivity contribution in [2.45, 2.75) is 24.6 Å². The zero-order valence-electron chi connectivity index (χ0n) is 16.6. The smallest absolute Gasteiger partial charge is 0.326 e. The van der Waals surface area contributed by atoms with Crippen molar-refractivity contribution in [3.8, 4) is 5.75 Å². The maximum absolute atomic E-state index is 11.9. The summed E-state index contributed by atoms with van der Waals surface area (Å²) < 4.78 is 11.4. The number of carboxylic acid groups (broad SMARTS) is 2. The maximum atomic E-state index is 11.9. The number of H-pyrrole nitrogens is 1. The Kier molecular flexibility index (Phi) is 5.86. The normalized spacial score (nSPS) is 20.4. The first-order valence-corrected chi connectivity index (χ1v) is 10.0. The Morgan fingerprint density at radius 1 is 1.13 bits per heavy atom. The van der Waals surface area contributed by atoms with E-state index in [4.69, 9.17) is 21.1 Å². The fourth-order valence-electron chi connectivity index (χ4n) is 4.12. The van der Waals surface area contributed by atoms with Crippen LogP contribution in [0.5, 0.6) is 5.75 Å². The number of nitrogens with one attached hydrogen (secondary N) is 2. The van der Waals surface area contributed by atoms with Gasteiger partial charge in [0.05, 0.1) is 6.61 Å². The van der Waals surface area contributed by atoms with Gasteiger partial charge in [-0.05, 0) is 35.4 Å². The van der Waals surface area contributed by atoms with Crippen molar-refractivity contribution >= 4 is 34.4 Å². The van der Waals surface area contributed by atoms with E-state index in [2.05, 4.69) is 10.3 Å². The van der Waals surface area contributed by atoms with Gasteiger partial charge in [0.2, 0.25) is 0 Å². The second-order valence-electron chi connectivity index (χ2n) is 7.37. The van der Waals surface area contributed by atoms with Crippen molar-refractivity contribution in [3.05, 3.63) is 64.3 Å². The summed E-state index contributed by atoms with van der Waals surface area (Å²) in [4.78, 5) is 27.0.